The van der Waals surface area contributed by atoms with Crippen LogP contribution in [-0.2, 0) is 16.1 Å². The van der Waals surface area contributed by atoms with Gasteiger partial charge < -0.3 is 15.0 Å². The molecule has 1 aliphatic heterocycles. The molecule has 1 unspecified atom stereocenters. The minimum absolute atomic E-state index is 0.0431. The first kappa shape index (κ1) is 19.7. The van der Waals surface area contributed by atoms with Gasteiger partial charge in [-0.3, -0.25) is 9.59 Å². The van der Waals surface area contributed by atoms with Gasteiger partial charge in [-0.25, -0.2) is 4.39 Å². The van der Waals surface area contributed by atoms with Gasteiger partial charge in [0, 0.05) is 19.5 Å². The summed E-state index contributed by atoms with van der Waals surface area (Å²) in [5, 5.41) is 2.64. The van der Waals surface area contributed by atoms with Gasteiger partial charge in [0.05, 0.1) is 11.6 Å². The number of carbonyl (C=O) groups is 2. The molecular formula is C19H16F4N2O3. The van der Waals surface area contributed by atoms with E-state index in [-0.39, 0.29) is 42.8 Å². The molecule has 1 atom stereocenters. The molecule has 1 N–H and O–H groups in total. The number of ether oxygens (including phenoxy) is 1. The molecule has 0 aromatic heterocycles. The van der Waals surface area contributed by atoms with Gasteiger partial charge in [0.25, 0.3) is 0 Å². The van der Waals surface area contributed by atoms with E-state index in [1.165, 1.54) is 35.2 Å². The Bertz CT molecular complexity index is 868. The van der Waals surface area contributed by atoms with Crippen LogP contribution in [0.3, 0.4) is 0 Å². The molecule has 0 saturated carbocycles. The fraction of sp³-hybridized carbons (Fsp3) is 0.263. The number of amides is 2. The summed E-state index contributed by atoms with van der Waals surface area (Å²) in [7, 11) is 0. The number of carbonyl (C=O) groups excluding carboxylic acids is 2. The molecule has 1 fully saturated rings. The van der Waals surface area contributed by atoms with Crippen molar-refractivity contribution in [1.29, 1.82) is 0 Å². The van der Waals surface area contributed by atoms with Gasteiger partial charge in [-0.2, -0.15) is 0 Å². The van der Waals surface area contributed by atoms with Crippen LogP contribution in [0.15, 0.2) is 48.5 Å². The predicted molar refractivity (Wildman–Crippen MR) is 91.8 cm³/mol. The van der Waals surface area contributed by atoms with E-state index >= 15 is 0 Å². The zero-order valence-corrected chi connectivity index (χ0v) is 14.5. The van der Waals surface area contributed by atoms with Crippen LogP contribution in [0.1, 0.15) is 12.0 Å². The molecule has 28 heavy (non-hydrogen) atoms. The molecule has 1 saturated heterocycles. The maximum Gasteiger partial charge on any atom is 0.573 e. The summed E-state index contributed by atoms with van der Waals surface area (Å²) in [5.74, 6) is -2.27. The zero-order chi connectivity index (χ0) is 20.3. The molecule has 2 amide bonds. The molecule has 2 aromatic rings. The van der Waals surface area contributed by atoms with Crippen LogP contribution < -0.4 is 15.0 Å². The number of nitrogens with zero attached hydrogens (tertiary/aromatic N) is 1. The first-order valence-electron chi connectivity index (χ1n) is 8.40. The van der Waals surface area contributed by atoms with Crippen molar-refractivity contribution in [3.8, 4) is 5.75 Å². The Balaban J connectivity index is 1.56. The number of hydrogen-bond acceptors (Lipinski definition) is 3. The molecule has 0 radical (unpaired) electrons. The first-order chi connectivity index (χ1) is 13.2. The average Bonchev–Trinajstić information content (AvgIpc) is 3.02. The summed E-state index contributed by atoms with van der Waals surface area (Å²) in [6.07, 6.45) is -4.81. The Labute approximate surface area is 157 Å². The normalized spacial score (nSPS) is 16.9. The second-order valence-corrected chi connectivity index (χ2v) is 6.27. The van der Waals surface area contributed by atoms with Crippen molar-refractivity contribution in [2.75, 3.05) is 11.4 Å². The van der Waals surface area contributed by atoms with Gasteiger partial charge in [-0.1, -0.05) is 24.3 Å². The van der Waals surface area contributed by atoms with Crippen LogP contribution in [0.4, 0.5) is 23.2 Å². The van der Waals surface area contributed by atoms with Gasteiger partial charge in [-0.05, 0) is 29.8 Å². The molecule has 2 aromatic carbocycles. The number of halogens is 4. The third kappa shape index (κ3) is 4.79. The fourth-order valence-corrected chi connectivity index (χ4v) is 2.93. The molecule has 1 aliphatic rings. The summed E-state index contributed by atoms with van der Waals surface area (Å²) >= 11 is 0. The zero-order valence-electron chi connectivity index (χ0n) is 14.5. The van der Waals surface area contributed by atoms with Crippen molar-refractivity contribution >= 4 is 17.5 Å². The molecule has 3 rings (SSSR count). The molecule has 148 valence electrons. The summed E-state index contributed by atoms with van der Waals surface area (Å²) in [6, 6.07) is 10.9. The molecule has 9 heteroatoms. The smallest absolute Gasteiger partial charge is 0.406 e. The lowest BCUT2D eigenvalue weighted by Crippen LogP contribution is -2.32. The van der Waals surface area contributed by atoms with E-state index in [0.29, 0.717) is 5.56 Å². The summed E-state index contributed by atoms with van der Waals surface area (Å²) in [4.78, 5) is 25.7. The monoisotopic (exact) mass is 396 g/mol. The van der Waals surface area contributed by atoms with E-state index in [1.54, 1.807) is 6.07 Å². The lowest BCUT2D eigenvalue weighted by molar-refractivity contribution is -0.274. The van der Waals surface area contributed by atoms with E-state index in [1.807, 2.05) is 0 Å². The number of para-hydroxylation sites is 1. The molecule has 0 aliphatic carbocycles. The highest BCUT2D eigenvalue weighted by Gasteiger charge is 2.36. The van der Waals surface area contributed by atoms with Crippen molar-refractivity contribution < 1.29 is 31.9 Å². The van der Waals surface area contributed by atoms with Gasteiger partial charge in [0.2, 0.25) is 11.8 Å². The lowest BCUT2D eigenvalue weighted by atomic mass is 10.1. The standard InChI is InChI=1S/C19H16F4N2O3/c20-15-3-1-2-4-16(15)25-11-13(9-17(25)26)18(27)24-10-12-5-7-14(8-6-12)28-19(21,22)23/h1-8,13H,9-11H2,(H,24,27). The number of alkyl halides is 3. The molecule has 5 nitrogen and oxygen atoms in total. The van der Waals surface area contributed by atoms with Crippen LogP contribution in [0.25, 0.3) is 0 Å². The molecule has 0 spiro atoms. The third-order valence-corrected chi connectivity index (χ3v) is 4.26. The van der Waals surface area contributed by atoms with Crippen molar-refractivity contribution in [1.82, 2.24) is 5.32 Å². The van der Waals surface area contributed by atoms with E-state index in [4.69, 9.17) is 0 Å². The Morgan fingerprint density at radius 2 is 1.82 bits per heavy atom. The predicted octanol–water partition coefficient (Wildman–Crippen LogP) is 3.39. The van der Waals surface area contributed by atoms with E-state index in [0.717, 1.165) is 12.1 Å². The van der Waals surface area contributed by atoms with Crippen LogP contribution in [0.5, 0.6) is 5.75 Å². The van der Waals surface area contributed by atoms with E-state index < -0.39 is 18.1 Å². The second-order valence-electron chi connectivity index (χ2n) is 6.27. The Hall–Kier alpha value is -3.10. The summed E-state index contributed by atoms with van der Waals surface area (Å²) < 4.78 is 54.1. The van der Waals surface area contributed by atoms with E-state index in [2.05, 4.69) is 10.1 Å². The quantitative estimate of drug-likeness (QED) is 0.789. The Morgan fingerprint density at radius 1 is 1.14 bits per heavy atom. The summed E-state index contributed by atoms with van der Waals surface area (Å²) in [5.41, 5.74) is 0.696. The van der Waals surface area contributed by atoms with Crippen molar-refractivity contribution in [3.63, 3.8) is 0 Å². The van der Waals surface area contributed by atoms with Crippen LogP contribution in [-0.4, -0.2) is 24.7 Å². The number of nitrogens with one attached hydrogen (secondary N) is 1. The number of hydrogen-bond donors (Lipinski definition) is 1. The maximum atomic E-state index is 13.9. The highest BCUT2D eigenvalue weighted by Crippen LogP contribution is 2.27. The largest absolute Gasteiger partial charge is 0.573 e. The van der Waals surface area contributed by atoms with Crippen LogP contribution in [0, 0.1) is 11.7 Å². The Morgan fingerprint density at radius 3 is 2.46 bits per heavy atom. The first-order valence-corrected chi connectivity index (χ1v) is 8.40. The van der Waals surface area contributed by atoms with Crippen LogP contribution >= 0.6 is 0 Å². The third-order valence-electron chi connectivity index (χ3n) is 4.26. The fourth-order valence-electron chi connectivity index (χ4n) is 2.93. The minimum Gasteiger partial charge on any atom is -0.406 e. The number of rotatable bonds is 5. The second kappa shape index (κ2) is 7.87. The van der Waals surface area contributed by atoms with Crippen molar-refractivity contribution in [2.24, 2.45) is 5.92 Å². The Kier molecular flexibility index (Phi) is 5.53. The topological polar surface area (TPSA) is 58.6 Å². The van der Waals surface area contributed by atoms with Gasteiger partial charge in [0.1, 0.15) is 11.6 Å². The minimum atomic E-state index is -4.77. The molecule has 1 heterocycles. The maximum absolute atomic E-state index is 13.9. The molecular weight excluding hydrogens is 380 g/mol. The van der Waals surface area contributed by atoms with Crippen LogP contribution in [0.2, 0.25) is 0 Å². The summed E-state index contributed by atoms with van der Waals surface area (Å²) in [6.45, 7) is 0.138. The van der Waals surface area contributed by atoms with Crippen molar-refractivity contribution in [2.45, 2.75) is 19.3 Å². The SMILES string of the molecule is O=C(NCc1ccc(OC(F)(F)F)cc1)C1CC(=O)N(c2ccccc2F)C1. The average molecular weight is 396 g/mol. The highest BCUT2D eigenvalue weighted by atomic mass is 19.4. The highest BCUT2D eigenvalue weighted by molar-refractivity contribution is 6.00. The van der Waals surface area contributed by atoms with Gasteiger partial charge >= 0.3 is 6.36 Å². The van der Waals surface area contributed by atoms with Gasteiger partial charge in [0.15, 0.2) is 0 Å². The lowest BCUT2D eigenvalue weighted by Gasteiger charge is -2.17. The molecule has 0 bridgehead atoms. The van der Waals surface area contributed by atoms with E-state index in [9.17, 15) is 27.2 Å². The number of benzene rings is 2. The van der Waals surface area contributed by atoms with Gasteiger partial charge in [-0.15, -0.1) is 13.2 Å². The number of anilines is 1. The van der Waals surface area contributed by atoms with Crippen molar-refractivity contribution in [3.05, 3.63) is 59.9 Å².